The average Bonchev–Trinajstić information content (AvgIpc) is 2.56. The summed E-state index contributed by atoms with van der Waals surface area (Å²) in [6, 6.07) is 11.0. The molecule has 126 valence electrons. The maximum atomic E-state index is 9.96. The third kappa shape index (κ3) is 4.23. The summed E-state index contributed by atoms with van der Waals surface area (Å²) in [7, 11) is 1.57. The fourth-order valence-corrected chi connectivity index (χ4v) is 2.43. The van der Waals surface area contributed by atoms with Gasteiger partial charge in [-0.1, -0.05) is 18.2 Å². The number of hydrogen-bond donors (Lipinski definition) is 3. The Bertz CT molecular complexity index is 768. The number of benzene rings is 2. The van der Waals surface area contributed by atoms with E-state index in [2.05, 4.69) is 15.8 Å². The molecule has 0 amide bonds. The van der Waals surface area contributed by atoms with Crippen LogP contribution in [-0.4, -0.2) is 23.0 Å². The van der Waals surface area contributed by atoms with Crippen LogP contribution in [0.4, 0.5) is 5.69 Å². The van der Waals surface area contributed by atoms with Crippen LogP contribution in [0, 0.1) is 13.8 Å². The Balaban J connectivity index is 2.11. The van der Waals surface area contributed by atoms with Crippen molar-refractivity contribution < 1.29 is 9.84 Å². The van der Waals surface area contributed by atoms with Crippen LogP contribution in [0.25, 0.3) is 0 Å². The summed E-state index contributed by atoms with van der Waals surface area (Å²) >= 11 is 5.29. The molecule has 0 unspecified atom stereocenters. The quantitative estimate of drug-likeness (QED) is 0.448. The predicted molar refractivity (Wildman–Crippen MR) is 102 cm³/mol. The second-order valence-electron chi connectivity index (χ2n) is 5.41. The number of aromatic hydroxyl groups is 1. The fourth-order valence-electron chi connectivity index (χ4n) is 2.28. The second-order valence-corrected chi connectivity index (χ2v) is 5.82. The number of nitrogens with one attached hydrogen (secondary N) is 2. The number of aryl methyl sites for hydroxylation is 2. The number of methoxy groups -OCH3 is 1. The standard InChI is InChI=1S/C18H21N3O2S/c1-11-6-5-7-12(2)17(11)19-18(24)21-20-13(3)15-10-14(23-4)8-9-16(15)22/h5-10,22H,1-4H3,(H2,19,21,24)/b20-13+. The van der Waals surface area contributed by atoms with E-state index in [-0.39, 0.29) is 5.75 Å². The zero-order chi connectivity index (χ0) is 17.7. The van der Waals surface area contributed by atoms with E-state index < -0.39 is 0 Å². The smallest absolute Gasteiger partial charge is 0.191 e. The Labute approximate surface area is 147 Å². The third-order valence-corrected chi connectivity index (χ3v) is 3.83. The molecule has 5 nitrogen and oxygen atoms in total. The molecule has 0 aliphatic carbocycles. The second kappa shape index (κ2) is 7.79. The number of hydrazone groups is 1. The zero-order valence-corrected chi connectivity index (χ0v) is 15.0. The van der Waals surface area contributed by atoms with Crippen molar-refractivity contribution >= 4 is 28.7 Å². The number of phenolic OH excluding ortho intramolecular Hbond substituents is 1. The van der Waals surface area contributed by atoms with Gasteiger partial charge in [-0.15, -0.1) is 0 Å². The summed E-state index contributed by atoms with van der Waals surface area (Å²) in [6.07, 6.45) is 0. The van der Waals surface area contributed by atoms with Gasteiger partial charge in [0.1, 0.15) is 11.5 Å². The number of rotatable bonds is 4. The van der Waals surface area contributed by atoms with E-state index in [0.29, 0.717) is 22.1 Å². The molecule has 2 rings (SSSR count). The number of hydrogen-bond acceptors (Lipinski definition) is 4. The Morgan fingerprint density at radius 2 is 1.83 bits per heavy atom. The molecule has 6 heteroatoms. The van der Waals surface area contributed by atoms with Crippen LogP contribution in [0.3, 0.4) is 0 Å². The van der Waals surface area contributed by atoms with Crippen molar-refractivity contribution in [1.82, 2.24) is 5.43 Å². The van der Waals surface area contributed by atoms with E-state index in [0.717, 1.165) is 16.8 Å². The van der Waals surface area contributed by atoms with Crippen molar-refractivity contribution in [3.8, 4) is 11.5 Å². The predicted octanol–water partition coefficient (Wildman–Crippen LogP) is 3.73. The number of anilines is 1. The Kier molecular flexibility index (Phi) is 5.76. The lowest BCUT2D eigenvalue weighted by atomic mass is 10.1. The lowest BCUT2D eigenvalue weighted by Crippen LogP contribution is -2.25. The van der Waals surface area contributed by atoms with E-state index >= 15 is 0 Å². The van der Waals surface area contributed by atoms with Gasteiger partial charge in [0.25, 0.3) is 0 Å². The van der Waals surface area contributed by atoms with Crippen molar-refractivity contribution in [2.45, 2.75) is 20.8 Å². The average molecular weight is 343 g/mol. The Morgan fingerprint density at radius 3 is 2.46 bits per heavy atom. The molecule has 0 aliphatic heterocycles. The van der Waals surface area contributed by atoms with Crippen LogP contribution >= 0.6 is 12.2 Å². The van der Waals surface area contributed by atoms with Crippen LogP contribution in [0.15, 0.2) is 41.5 Å². The molecular weight excluding hydrogens is 322 g/mol. The number of ether oxygens (including phenoxy) is 1. The van der Waals surface area contributed by atoms with E-state index in [9.17, 15) is 5.11 Å². The van der Waals surface area contributed by atoms with Crippen molar-refractivity contribution in [1.29, 1.82) is 0 Å². The summed E-state index contributed by atoms with van der Waals surface area (Å²) < 4.78 is 5.17. The molecule has 3 N–H and O–H groups in total. The van der Waals surface area contributed by atoms with Crippen LogP contribution < -0.4 is 15.5 Å². The minimum atomic E-state index is 0.132. The molecule has 24 heavy (non-hydrogen) atoms. The highest BCUT2D eigenvalue weighted by Crippen LogP contribution is 2.23. The van der Waals surface area contributed by atoms with E-state index in [1.54, 1.807) is 32.2 Å². The molecule has 0 spiro atoms. The summed E-state index contributed by atoms with van der Waals surface area (Å²) in [5.41, 5.74) is 7.15. The highest BCUT2D eigenvalue weighted by Gasteiger charge is 2.08. The molecule has 0 aliphatic rings. The Hall–Kier alpha value is -2.60. The van der Waals surface area contributed by atoms with Gasteiger partial charge >= 0.3 is 0 Å². The fraction of sp³-hybridized carbons (Fsp3) is 0.222. The normalized spacial score (nSPS) is 11.1. The lowest BCUT2D eigenvalue weighted by Gasteiger charge is -2.13. The molecule has 0 saturated heterocycles. The highest BCUT2D eigenvalue weighted by molar-refractivity contribution is 7.80. The minimum absolute atomic E-state index is 0.132. The molecular formula is C18H21N3O2S. The lowest BCUT2D eigenvalue weighted by molar-refractivity contribution is 0.412. The molecule has 0 fully saturated rings. The van der Waals surface area contributed by atoms with E-state index in [1.165, 1.54) is 0 Å². The van der Waals surface area contributed by atoms with Gasteiger partial charge < -0.3 is 15.2 Å². The maximum absolute atomic E-state index is 9.96. The van der Waals surface area contributed by atoms with Gasteiger partial charge in [-0.3, -0.25) is 5.43 Å². The molecule has 0 saturated carbocycles. The van der Waals surface area contributed by atoms with Gasteiger partial charge in [-0.2, -0.15) is 5.10 Å². The summed E-state index contributed by atoms with van der Waals surface area (Å²) in [5, 5.41) is 17.7. The largest absolute Gasteiger partial charge is 0.507 e. The molecule has 0 aromatic heterocycles. The molecule has 2 aromatic rings. The summed E-state index contributed by atoms with van der Waals surface area (Å²) in [4.78, 5) is 0. The summed E-state index contributed by atoms with van der Waals surface area (Å²) in [6.45, 7) is 5.81. The number of para-hydroxylation sites is 1. The van der Waals surface area contributed by atoms with Crippen molar-refractivity contribution in [3.63, 3.8) is 0 Å². The first-order valence-corrected chi connectivity index (χ1v) is 7.88. The van der Waals surface area contributed by atoms with Gasteiger partial charge in [0.05, 0.1) is 12.8 Å². The van der Waals surface area contributed by atoms with Crippen molar-refractivity contribution in [3.05, 3.63) is 53.1 Å². The number of phenols is 1. The van der Waals surface area contributed by atoms with Gasteiger partial charge in [-0.25, -0.2) is 0 Å². The SMILES string of the molecule is COc1ccc(O)c(/C(C)=N/NC(=S)Nc2c(C)cccc2C)c1. The van der Waals surface area contributed by atoms with Crippen molar-refractivity contribution in [2.75, 3.05) is 12.4 Å². The minimum Gasteiger partial charge on any atom is -0.507 e. The molecule has 0 radical (unpaired) electrons. The van der Waals surface area contributed by atoms with Crippen LogP contribution in [0.1, 0.15) is 23.6 Å². The monoisotopic (exact) mass is 343 g/mol. The molecule has 0 bridgehead atoms. The van der Waals surface area contributed by atoms with E-state index in [4.69, 9.17) is 17.0 Å². The first-order chi connectivity index (χ1) is 11.4. The first-order valence-electron chi connectivity index (χ1n) is 7.47. The van der Waals surface area contributed by atoms with Crippen LogP contribution in [0.5, 0.6) is 11.5 Å². The third-order valence-electron chi connectivity index (χ3n) is 3.64. The zero-order valence-electron chi connectivity index (χ0n) is 14.2. The van der Waals surface area contributed by atoms with Crippen molar-refractivity contribution in [2.24, 2.45) is 5.10 Å². The van der Waals surface area contributed by atoms with Crippen LogP contribution in [-0.2, 0) is 0 Å². The number of nitrogens with zero attached hydrogens (tertiary/aromatic N) is 1. The maximum Gasteiger partial charge on any atom is 0.191 e. The van der Waals surface area contributed by atoms with Gasteiger partial charge in [0, 0.05) is 11.3 Å². The van der Waals surface area contributed by atoms with Gasteiger partial charge in [0.15, 0.2) is 5.11 Å². The molecule has 0 heterocycles. The number of thiocarbonyl (C=S) groups is 1. The van der Waals surface area contributed by atoms with Crippen LogP contribution in [0.2, 0.25) is 0 Å². The highest BCUT2D eigenvalue weighted by atomic mass is 32.1. The topological polar surface area (TPSA) is 65.9 Å². The van der Waals surface area contributed by atoms with Gasteiger partial charge in [0.2, 0.25) is 0 Å². The Morgan fingerprint density at radius 1 is 1.17 bits per heavy atom. The van der Waals surface area contributed by atoms with E-state index in [1.807, 2.05) is 32.0 Å². The summed E-state index contributed by atoms with van der Waals surface area (Å²) in [5.74, 6) is 0.779. The molecule has 0 atom stereocenters. The first kappa shape index (κ1) is 17.7. The molecule has 2 aromatic carbocycles. The van der Waals surface area contributed by atoms with Gasteiger partial charge in [-0.05, 0) is 62.3 Å².